The molecule has 1 saturated heterocycles. The summed E-state index contributed by atoms with van der Waals surface area (Å²) >= 11 is 0. The van der Waals surface area contributed by atoms with Crippen molar-refractivity contribution in [3.63, 3.8) is 0 Å². The number of piperidine rings is 1. The first-order chi connectivity index (χ1) is 12.7. The summed E-state index contributed by atoms with van der Waals surface area (Å²) in [5.41, 5.74) is 1.23. The minimum atomic E-state index is 0.141. The van der Waals surface area contributed by atoms with Gasteiger partial charge in [0, 0.05) is 39.6 Å². The quantitative estimate of drug-likeness (QED) is 0.577. The molecule has 1 aromatic carbocycles. The van der Waals surface area contributed by atoms with Gasteiger partial charge in [0.05, 0.1) is 7.11 Å². The summed E-state index contributed by atoms with van der Waals surface area (Å²) in [7, 11) is 3.39. The minimum absolute atomic E-state index is 0.141. The van der Waals surface area contributed by atoms with Crippen LogP contribution < -0.4 is 15.4 Å². The molecular weight excluding hydrogens is 328 g/mol. The van der Waals surface area contributed by atoms with E-state index in [1.54, 1.807) is 14.2 Å². The zero-order valence-electron chi connectivity index (χ0n) is 16.3. The van der Waals surface area contributed by atoms with Crippen molar-refractivity contribution in [2.24, 2.45) is 10.9 Å². The fraction of sp³-hybridized carbons (Fsp3) is 0.600. The van der Waals surface area contributed by atoms with Gasteiger partial charge in [-0.3, -0.25) is 9.79 Å². The van der Waals surface area contributed by atoms with E-state index >= 15 is 0 Å². The molecular formula is C20H32N4O2. The molecule has 1 heterocycles. The van der Waals surface area contributed by atoms with Crippen LogP contribution in [-0.2, 0) is 11.2 Å². The van der Waals surface area contributed by atoms with Crippen LogP contribution in [0.4, 0.5) is 0 Å². The molecule has 1 aromatic rings. The lowest BCUT2D eigenvalue weighted by Gasteiger charge is -2.34. The second-order valence-electron chi connectivity index (χ2n) is 6.64. The number of carbonyl (C=O) groups excluding carboxylic acids is 1. The van der Waals surface area contributed by atoms with Gasteiger partial charge in [0.15, 0.2) is 5.96 Å². The monoisotopic (exact) mass is 360 g/mol. The second kappa shape index (κ2) is 10.7. The number of nitrogens with zero attached hydrogens (tertiary/aromatic N) is 2. The average molecular weight is 361 g/mol. The number of guanidine groups is 1. The molecule has 1 amide bonds. The van der Waals surface area contributed by atoms with E-state index in [9.17, 15) is 4.79 Å². The number of amides is 1. The van der Waals surface area contributed by atoms with Crippen LogP contribution in [0.1, 0.15) is 31.7 Å². The van der Waals surface area contributed by atoms with Gasteiger partial charge in [-0.15, -0.1) is 0 Å². The number of hydrogen-bond donors (Lipinski definition) is 2. The molecule has 2 N–H and O–H groups in total. The molecule has 0 aliphatic carbocycles. The number of likely N-dealkylation sites (tertiary alicyclic amines) is 1. The summed E-state index contributed by atoms with van der Waals surface area (Å²) < 4.78 is 5.28. The van der Waals surface area contributed by atoms with E-state index in [1.165, 1.54) is 5.56 Å². The van der Waals surface area contributed by atoms with Gasteiger partial charge in [0.1, 0.15) is 5.75 Å². The molecule has 0 atom stereocenters. The van der Waals surface area contributed by atoms with E-state index in [0.717, 1.165) is 57.2 Å². The highest BCUT2D eigenvalue weighted by atomic mass is 16.5. The first-order valence-corrected chi connectivity index (χ1v) is 9.53. The van der Waals surface area contributed by atoms with Crippen LogP contribution in [0.2, 0.25) is 0 Å². The third-order valence-corrected chi connectivity index (χ3v) is 4.80. The topological polar surface area (TPSA) is 66.0 Å². The van der Waals surface area contributed by atoms with E-state index in [0.29, 0.717) is 12.3 Å². The van der Waals surface area contributed by atoms with Crippen molar-refractivity contribution >= 4 is 11.9 Å². The third kappa shape index (κ3) is 6.24. The molecule has 1 fully saturated rings. The van der Waals surface area contributed by atoms with E-state index in [1.807, 2.05) is 12.1 Å². The third-order valence-electron chi connectivity index (χ3n) is 4.80. The number of aliphatic imine (C=N–C) groups is 1. The SMILES string of the molecule is CCNC(=NCCc1cccc(OC)c1)N1CCC(CC(=O)NC)CC1. The lowest BCUT2D eigenvalue weighted by molar-refractivity contribution is -0.121. The molecule has 0 saturated carbocycles. The van der Waals surface area contributed by atoms with Crippen LogP contribution in [0.15, 0.2) is 29.3 Å². The Hall–Kier alpha value is -2.24. The summed E-state index contributed by atoms with van der Waals surface area (Å²) in [5.74, 6) is 2.48. The Morgan fingerprint density at radius 3 is 2.77 bits per heavy atom. The van der Waals surface area contributed by atoms with Gasteiger partial charge in [0.25, 0.3) is 0 Å². The van der Waals surface area contributed by atoms with Crippen LogP contribution in [0, 0.1) is 5.92 Å². The van der Waals surface area contributed by atoms with Crippen molar-refractivity contribution in [3.05, 3.63) is 29.8 Å². The zero-order chi connectivity index (χ0) is 18.8. The first kappa shape index (κ1) is 20.1. The summed E-state index contributed by atoms with van der Waals surface area (Å²) in [5, 5.41) is 6.12. The fourth-order valence-corrected chi connectivity index (χ4v) is 3.26. The normalized spacial score (nSPS) is 15.7. The first-order valence-electron chi connectivity index (χ1n) is 9.53. The number of nitrogens with one attached hydrogen (secondary N) is 2. The van der Waals surface area contributed by atoms with Gasteiger partial charge in [-0.25, -0.2) is 0 Å². The molecule has 0 aromatic heterocycles. The predicted molar refractivity (Wildman–Crippen MR) is 106 cm³/mol. The highest BCUT2D eigenvalue weighted by Gasteiger charge is 2.22. The van der Waals surface area contributed by atoms with Crippen LogP contribution >= 0.6 is 0 Å². The van der Waals surface area contributed by atoms with Gasteiger partial charge >= 0.3 is 0 Å². The number of ether oxygens (including phenoxy) is 1. The molecule has 6 nitrogen and oxygen atoms in total. The molecule has 26 heavy (non-hydrogen) atoms. The maximum atomic E-state index is 11.5. The van der Waals surface area contributed by atoms with Crippen LogP contribution in [0.3, 0.4) is 0 Å². The van der Waals surface area contributed by atoms with Gasteiger partial charge in [-0.1, -0.05) is 12.1 Å². The van der Waals surface area contributed by atoms with Crippen LogP contribution in [0.25, 0.3) is 0 Å². The number of rotatable bonds is 7. The van der Waals surface area contributed by atoms with Crippen molar-refractivity contribution in [2.45, 2.75) is 32.6 Å². The van der Waals surface area contributed by atoms with Gasteiger partial charge in [-0.05, 0) is 49.8 Å². The van der Waals surface area contributed by atoms with Crippen molar-refractivity contribution in [1.82, 2.24) is 15.5 Å². The molecule has 6 heteroatoms. The lowest BCUT2D eigenvalue weighted by Crippen LogP contribution is -2.46. The van der Waals surface area contributed by atoms with E-state index in [2.05, 4.69) is 34.6 Å². The van der Waals surface area contributed by atoms with Gasteiger partial charge in [-0.2, -0.15) is 0 Å². The summed E-state index contributed by atoms with van der Waals surface area (Å²) in [4.78, 5) is 18.7. The molecule has 0 bridgehead atoms. The van der Waals surface area contributed by atoms with Crippen molar-refractivity contribution in [3.8, 4) is 5.75 Å². The Morgan fingerprint density at radius 1 is 1.35 bits per heavy atom. The minimum Gasteiger partial charge on any atom is -0.497 e. The number of benzene rings is 1. The maximum Gasteiger partial charge on any atom is 0.220 e. The standard InChI is InChI=1S/C20H32N4O2/c1-4-22-20(23-11-8-16-6-5-7-18(14-16)26-3)24-12-9-17(10-13-24)15-19(25)21-2/h5-7,14,17H,4,8-13,15H2,1-3H3,(H,21,25)(H,22,23). The molecule has 0 unspecified atom stereocenters. The maximum absolute atomic E-state index is 11.5. The van der Waals surface area contributed by atoms with E-state index in [-0.39, 0.29) is 5.91 Å². The Bertz CT molecular complexity index is 595. The van der Waals surface area contributed by atoms with Crippen LogP contribution in [-0.4, -0.2) is 57.1 Å². The largest absolute Gasteiger partial charge is 0.497 e. The van der Waals surface area contributed by atoms with Crippen molar-refractivity contribution in [1.29, 1.82) is 0 Å². The Morgan fingerprint density at radius 2 is 2.12 bits per heavy atom. The highest BCUT2D eigenvalue weighted by molar-refractivity contribution is 5.80. The second-order valence-corrected chi connectivity index (χ2v) is 6.64. The lowest BCUT2D eigenvalue weighted by atomic mass is 9.93. The molecule has 2 rings (SSSR count). The van der Waals surface area contributed by atoms with Gasteiger partial charge < -0.3 is 20.3 Å². The average Bonchev–Trinajstić information content (AvgIpc) is 2.68. The predicted octanol–water partition coefficient (Wildman–Crippen LogP) is 2.05. The fourth-order valence-electron chi connectivity index (χ4n) is 3.26. The smallest absolute Gasteiger partial charge is 0.220 e. The van der Waals surface area contributed by atoms with Crippen molar-refractivity contribution in [2.75, 3.05) is 40.3 Å². The molecule has 1 aliphatic heterocycles. The van der Waals surface area contributed by atoms with Crippen LogP contribution in [0.5, 0.6) is 5.75 Å². The molecule has 0 spiro atoms. The zero-order valence-corrected chi connectivity index (χ0v) is 16.3. The Balaban J connectivity index is 1.87. The summed E-state index contributed by atoms with van der Waals surface area (Å²) in [6, 6.07) is 8.14. The van der Waals surface area contributed by atoms with Gasteiger partial charge in [0.2, 0.25) is 5.91 Å². The number of hydrogen-bond acceptors (Lipinski definition) is 3. The van der Waals surface area contributed by atoms with E-state index < -0.39 is 0 Å². The molecule has 144 valence electrons. The Kier molecular flexibility index (Phi) is 8.25. The summed E-state index contributed by atoms with van der Waals surface area (Å²) in [6.07, 6.45) is 3.59. The molecule has 1 aliphatic rings. The molecule has 0 radical (unpaired) electrons. The Labute approximate surface area is 157 Å². The van der Waals surface area contributed by atoms with Crippen molar-refractivity contribution < 1.29 is 9.53 Å². The van der Waals surface area contributed by atoms with E-state index in [4.69, 9.17) is 9.73 Å². The highest BCUT2D eigenvalue weighted by Crippen LogP contribution is 2.20. The number of methoxy groups -OCH3 is 1. The summed E-state index contributed by atoms with van der Waals surface area (Å²) in [6.45, 7) is 5.60. The number of carbonyl (C=O) groups is 1.